The Kier molecular flexibility index (Phi) is 7.70. The third-order valence-electron chi connectivity index (χ3n) is 4.96. The summed E-state index contributed by atoms with van der Waals surface area (Å²) in [5, 5.41) is 6.34. The highest BCUT2D eigenvalue weighted by molar-refractivity contribution is 5.79. The van der Waals surface area contributed by atoms with Crippen molar-refractivity contribution < 1.29 is 17.9 Å². The molecule has 0 unspecified atom stereocenters. The van der Waals surface area contributed by atoms with Crippen LogP contribution < -0.4 is 10.6 Å². The lowest BCUT2D eigenvalue weighted by Gasteiger charge is -2.26. The molecule has 2 aromatic carbocycles. The first-order valence-corrected chi connectivity index (χ1v) is 9.92. The fourth-order valence-corrected chi connectivity index (χ4v) is 3.18. The molecule has 1 heterocycles. The Labute approximate surface area is 174 Å². The average Bonchev–Trinajstić information content (AvgIpc) is 2.75. The Morgan fingerprint density at radius 2 is 1.40 bits per heavy atom. The number of nitrogens with one attached hydrogen (secondary N) is 2. The molecule has 0 radical (unpaired) electrons. The van der Waals surface area contributed by atoms with Crippen LogP contribution in [0, 0.1) is 0 Å². The second-order valence-corrected chi connectivity index (χ2v) is 7.18. The van der Waals surface area contributed by atoms with E-state index in [2.05, 4.69) is 44.8 Å². The number of hydrogen-bond acceptors (Lipinski definition) is 3. The van der Waals surface area contributed by atoms with Gasteiger partial charge in [-0.3, -0.25) is 9.89 Å². The van der Waals surface area contributed by atoms with Crippen molar-refractivity contribution >= 4 is 5.96 Å². The van der Waals surface area contributed by atoms with Gasteiger partial charge in [0.1, 0.15) is 0 Å². The van der Waals surface area contributed by atoms with Crippen LogP contribution in [0.4, 0.5) is 13.2 Å². The highest BCUT2D eigenvalue weighted by atomic mass is 19.4. The Balaban J connectivity index is 1.44. The summed E-state index contributed by atoms with van der Waals surface area (Å²) in [5.74, 6) is 0.590. The molecular weight excluding hydrogens is 393 g/mol. The van der Waals surface area contributed by atoms with Crippen molar-refractivity contribution in [1.29, 1.82) is 0 Å². The number of rotatable bonds is 6. The highest BCUT2D eigenvalue weighted by Crippen LogP contribution is 2.29. The summed E-state index contributed by atoms with van der Waals surface area (Å²) in [5.41, 5.74) is 2.49. The van der Waals surface area contributed by atoms with Crippen LogP contribution in [0.25, 0.3) is 0 Å². The van der Waals surface area contributed by atoms with Gasteiger partial charge in [0.2, 0.25) is 0 Å². The van der Waals surface area contributed by atoms with Crippen LogP contribution in [0.5, 0.6) is 0 Å². The van der Waals surface area contributed by atoms with Crippen molar-refractivity contribution in [1.82, 2.24) is 15.5 Å². The molecule has 30 heavy (non-hydrogen) atoms. The molecule has 0 saturated carbocycles. The van der Waals surface area contributed by atoms with Gasteiger partial charge in [0.15, 0.2) is 5.96 Å². The first-order valence-electron chi connectivity index (χ1n) is 9.92. The van der Waals surface area contributed by atoms with Gasteiger partial charge in [0, 0.05) is 39.8 Å². The fraction of sp³-hybridized carbons (Fsp3) is 0.409. The monoisotopic (exact) mass is 420 g/mol. The van der Waals surface area contributed by atoms with Crippen molar-refractivity contribution in [2.24, 2.45) is 4.99 Å². The van der Waals surface area contributed by atoms with E-state index in [1.165, 1.54) is 17.7 Å². The number of nitrogens with zero attached hydrogens (tertiary/aromatic N) is 2. The summed E-state index contributed by atoms with van der Waals surface area (Å²) >= 11 is 0. The Morgan fingerprint density at radius 1 is 0.900 bits per heavy atom. The number of alkyl halides is 3. The van der Waals surface area contributed by atoms with Gasteiger partial charge in [-0.2, -0.15) is 13.2 Å². The smallest absolute Gasteiger partial charge is 0.379 e. The molecule has 2 aromatic rings. The molecule has 5 nitrogen and oxygen atoms in total. The lowest BCUT2D eigenvalue weighted by molar-refractivity contribution is -0.137. The molecule has 0 aromatic heterocycles. The van der Waals surface area contributed by atoms with Crippen LogP contribution in [0.15, 0.2) is 53.5 Å². The van der Waals surface area contributed by atoms with Crippen molar-refractivity contribution in [3.8, 4) is 0 Å². The van der Waals surface area contributed by atoms with E-state index in [-0.39, 0.29) is 0 Å². The zero-order chi connectivity index (χ0) is 21.4. The van der Waals surface area contributed by atoms with Crippen LogP contribution in [0.1, 0.15) is 22.3 Å². The lowest BCUT2D eigenvalue weighted by Crippen LogP contribution is -2.36. The van der Waals surface area contributed by atoms with Gasteiger partial charge in [-0.05, 0) is 28.8 Å². The second kappa shape index (κ2) is 10.4. The van der Waals surface area contributed by atoms with Crippen LogP contribution in [0.2, 0.25) is 0 Å². The van der Waals surface area contributed by atoms with Gasteiger partial charge in [0.05, 0.1) is 18.8 Å². The number of morpholine rings is 1. The molecular formula is C22H27F3N4O. The number of guanidine groups is 1. The van der Waals surface area contributed by atoms with E-state index in [4.69, 9.17) is 4.74 Å². The third-order valence-corrected chi connectivity index (χ3v) is 4.96. The molecule has 0 amide bonds. The fourth-order valence-electron chi connectivity index (χ4n) is 3.18. The minimum Gasteiger partial charge on any atom is -0.379 e. The first-order chi connectivity index (χ1) is 14.4. The molecule has 0 spiro atoms. The zero-order valence-corrected chi connectivity index (χ0v) is 17.0. The molecule has 1 aliphatic heterocycles. The van der Waals surface area contributed by atoms with Crippen LogP contribution in [0.3, 0.4) is 0 Å². The molecule has 2 N–H and O–H groups in total. The SMILES string of the molecule is CN=C(NCc1ccc(CN2CCOCC2)cc1)NCc1ccc(C(F)(F)F)cc1. The van der Waals surface area contributed by atoms with Gasteiger partial charge < -0.3 is 15.4 Å². The minimum absolute atomic E-state index is 0.385. The molecule has 1 aliphatic rings. The third kappa shape index (κ3) is 6.74. The van der Waals surface area contributed by atoms with E-state index < -0.39 is 11.7 Å². The molecule has 0 atom stereocenters. The highest BCUT2D eigenvalue weighted by Gasteiger charge is 2.29. The van der Waals surface area contributed by atoms with Crippen molar-refractivity contribution in [3.63, 3.8) is 0 Å². The zero-order valence-electron chi connectivity index (χ0n) is 17.0. The van der Waals surface area contributed by atoms with Crippen molar-refractivity contribution in [2.75, 3.05) is 33.4 Å². The van der Waals surface area contributed by atoms with E-state index in [0.29, 0.717) is 19.0 Å². The molecule has 1 saturated heterocycles. The van der Waals surface area contributed by atoms with Gasteiger partial charge in [-0.25, -0.2) is 0 Å². The maximum Gasteiger partial charge on any atom is 0.416 e. The topological polar surface area (TPSA) is 48.9 Å². The Bertz CT molecular complexity index is 814. The minimum atomic E-state index is -4.32. The number of benzene rings is 2. The van der Waals surface area contributed by atoms with Crippen molar-refractivity contribution in [3.05, 3.63) is 70.8 Å². The molecule has 162 valence electrons. The van der Waals surface area contributed by atoms with Crippen LogP contribution in [-0.4, -0.2) is 44.2 Å². The van der Waals surface area contributed by atoms with Crippen LogP contribution in [-0.2, 0) is 30.5 Å². The summed E-state index contributed by atoms with van der Waals surface area (Å²) in [6.45, 7) is 5.42. The lowest BCUT2D eigenvalue weighted by atomic mass is 10.1. The molecule has 0 aliphatic carbocycles. The summed E-state index contributed by atoms with van der Waals surface area (Å²) in [4.78, 5) is 6.54. The second-order valence-electron chi connectivity index (χ2n) is 7.18. The maximum atomic E-state index is 12.6. The number of halogens is 3. The van der Waals surface area contributed by atoms with Crippen LogP contribution >= 0.6 is 0 Å². The van der Waals surface area contributed by atoms with E-state index in [1.807, 2.05) is 0 Å². The number of aliphatic imine (C=N–C) groups is 1. The summed E-state index contributed by atoms with van der Waals surface area (Å²) in [7, 11) is 1.66. The standard InChI is InChI=1S/C22H27F3N4O/c1-26-21(28-15-18-6-8-20(9-7-18)22(23,24)25)27-14-17-2-4-19(5-3-17)16-29-10-12-30-13-11-29/h2-9H,10-16H2,1H3,(H2,26,27,28). The normalized spacial score (nSPS) is 15.8. The molecule has 1 fully saturated rings. The first kappa shape index (κ1) is 22.1. The summed E-state index contributed by atoms with van der Waals surface area (Å²) in [6, 6.07) is 13.6. The largest absolute Gasteiger partial charge is 0.416 e. The van der Waals surface area contributed by atoms with E-state index >= 15 is 0 Å². The number of ether oxygens (including phenoxy) is 1. The predicted octanol–water partition coefficient (Wildman–Crippen LogP) is 3.40. The summed E-state index contributed by atoms with van der Waals surface area (Å²) in [6.07, 6.45) is -4.32. The molecule has 0 bridgehead atoms. The van der Waals surface area contributed by atoms with Gasteiger partial charge in [0.25, 0.3) is 0 Å². The molecule has 3 rings (SSSR count). The van der Waals surface area contributed by atoms with E-state index in [9.17, 15) is 13.2 Å². The quantitative estimate of drug-likeness (QED) is 0.556. The predicted molar refractivity (Wildman–Crippen MR) is 111 cm³/mol. The molecule has 8 heteroatoms. The van der Waals surface area contributed by atoms with Crippen molar-refractivity contribution in [2.45, 2.75) is 25.8 Å². The van der Waals surface area contributed by atoms with Gasteiger partial charge >= 0.3 is 6.18 Å². The van der Waals surface area contributed by atoms with Gasteiger partial charge in [-0.1, -0.05) is 36.4 Å². The van der Waals surface area contributed by atoms with E-state index in [0.717, 1.165) is 56.1 Å². The Morgan fingerprint density at radius 3 is 1.90 bits per heavy atom. The Hall–Kier alpha value is -2.58. The van der Waals surface area contributed by atoms with Gasteiger partial charge in [-0.15, -0.1) is 0 Å². The maximum absolute atomic E-state index is 12.6. The van der Waals surface area contributed by atoms with E-state index in [1.54, 1.807) is 7.05 Å². The average molecular weight is 420 g/mol. The summed E-state index contributed by atoms with van der Waals surface area (Å²) < 4.78 is 43.3. The number of hydrogen-bond donors (Lipinski definition) is 2.